The molecule has 0 fully saturated rings. The van der Waals surface area contributed by atoms with E-state index in [9.17, 15) is 0 Å². The van der Waals surface area contributed by atoms with Gasteiger partial charge >= 0.3 is 0 Å². The number of hydrogen-bond donors (Lipinski definition) is 0. The van der Waals surface area contributed by atoms with Gasteiger partial charge in [0.2, 0.25) is 0 Å². The van der Waals surface area contributed by atoms with Crippen molar-refractivity contribution in [1.29, 1.82) is 0 Å². The summed E-state index contributed by atoms with van der Waals surface area (Å²) in [7, 11) is 0. The van der Waals surface area contributed by atoms with E-state index in [2.05, 4.69) is 0 Å². The molecule has 0 radical (unpaired) electrons. The van der Waals surface area contributed by atoms with Crippen LogP contribution >= 0.6 is 11.6 Å². The van der Waals surface area contributed by atoms with Gasteiger partial charge in [0.05, 0.1) is 1.37 Å². The van der Waals surface area contributed by atoms with Crippen LogP contribution in [0.3, 0.4) is 0 Å². The van der Waals surface area contributed by atoms with Gasteiger partial charge in [0.1, 0.15) is 0 Å². The maximum Gasteiger partial charge on any atom is 0.0623 e. The molecule has 36 valence electrons. The highest BCUT2D eigenvalue weighted by Gasteiger charge is 1.74. The van der Waals surface area contributed by atoms with Gasteiger partial charge in [-0.15, -0.1) is 0 Å². The smallest absolute Gasteiger partial charge is 0.0623 e. The summed E-state index contributed by atoms with van der Waals surface area (Å²) in [5, 5.41) is 0.623. The number of halogens is 1. The highest BCUT2D eigenvalue weighted by atomic mass is 35.5. The molecule has 0 nitrogen and oxygen atoms in total. The average Bonchev–Trinajstić information content (AvgIpc) is 1.64. The molecule has 0 saturated heterocycles. The zero-order valence-corrected chi connectivity index (χ0v) is 4.44. The Balaban J connectivity index is 3.08. The van der Waals surface area contributed by atoms with E-state index in [0.29, 0.717) is 11.1 Å². The van der Waals surface area contributed by atoms with Gasteiger partial charge in [-0.05, 0) is 12.1 Å². The molecular weight excluding hydrogens is 108 g/mol. The van der Waals surface area contributed by atoms with Crippen LogP contribution < -0.4 is 0 Å². The van der Waals surface area contributed by atoms with Crippen LogP contribution in [0, 0.1) is 0 Å². The van der Waals surface area contributed by atoms with Crippen LogP contribution in [0.1, 0.15) is 1.37 Å². The average molecular weight is 114 g/mol. The highest BCUT2D eigenvalue weighted by Crippen LogP contribution is 2.03. The van der Waals surface area contributed by atoms with Gasteiger partial charge < -0.3 is 0 Å². The molecule has 0 aliphatic rings. The van der Waals surface area contributed by atoms with Crippen LogP contribution in [-0.2, 0) is 0 Å². The molecule has 0 aliphatic heterocycles. The second-order valence-electron chi connectivity index (χ2n) is 1.22. The van der Waals surface area contributed by atoms with Crippen LogP contribution in [0.5, 0.6) is 0 Å². The van der Waals surface area contributed by atoms with Crippen LogP contribution in [0.15, 0.2) is 30.3 Å². The van der Waals surface area contributed by atoms with Gasteiger partial charge in [-0.25, -0.2) is 0 Å². The SMILES string of the molecule is [2H]c1cccc(Cl)c1. The van der Waals surface area contributed by atoms with E-state index in [0.717, 1.165) is 0 Å². The second kappa shape index (κ2) is 1.99. The van der Waals surface area contributed by atoms with E-state index < -0.39 is 0 Å². The minimum absolute atomic E-state index is 0.456. The van der Waals surface area contributed by atoms with Gasteiger partial charge in [-0.2, -0.15) is 0 Å². The van der Waals surface area contributed by atoms with Crippen molar-refractivity contribution < 1.29 is 1.37 Å². The predicted molar refractivity (Wildman–Crippen MR) is 31.5 cm³/mol. The van der Waals surface area contributed by atoms with E-state index in [4.69, 9.17) is 13.0 Å². The third-order valence-electron chi connectivity index (χ3n) is 0.669. The van der Waals surface area contributed by atoms with E-state index in [1.807, 2.05) is 0 Å². The van der Waals surface area contributed by atoms with Crippen molar-refractivity contribution in [2.24, 2.45) is 0 Å². The van der Waals surface area contributed by atoms with E-state index in [1.54, 1.807) is 24.3 Å². The standard InChI is InChI=1S/C6H5Cl/c7-6-4-2-1-3-5-6/h1-5H/i2D. The third kappa shape index (κ3) is 1.20. The molecule has 0 unspecified atom stereocenters. The molecule has 0 spiro atoms. The Hall–Kier alpha value is -0.490. The molecule has 1 aromatic carbocycles. The van der Waals surface area contributed by atoms with Crippen molar-refractivity contribution in [2.45, 2.75) is 0 Å². The van der Waals surface area contributed by atoms with Crippen molar-refractivity contribution in [3.05, 3.63) is 35.3 Å². The summed E-state index contributed by atoms with van der Waals surface area (Å²) in [6.45, 7) is 0. The number of benzene rings is 1. The van der Waals surface area contributed by atoms with Crippen molar-refractivity contribution in [3.8, 4) is 0 Å². The minimum Gasteiger partial charge on any atom is -0.0843 e. The van der Waals surface area contributed by atoms with Crippen LogP contribution in [0.4, 0.5) is 0 Å². The van der Waals surface area contributed by atoms with Gasteiger partial charge in [-0.3, -0.25) is 0 Å². The lowest BCUT2D eigenvalue weighted by molar-refractivity contribution is 1.71. The second-order valence-corrected chi connectivity index (χ2v) is 1.66. The quantitative estimate of drug-likeness (QED) is 0.485. The summed E-state index contributed by atoms with van der Waals surface area (Å²) in [5.41, 5.74) is 0. The molecule has 1 heteroatoms. The van der Waals surface area contributed by atoms with Gasteiger partial charge in [-0.1, -0.05) is 29.8 Å². The summed E-state index contributed by atoms with van der Waals surface area (Å²) >= 11 is 5.52. The molecule has 0 bridgehead atoms. The van der Waals surface area contributed by atoms with Gasteiger partial charge in [0.15, 0.2) is 0 Å². The summed E-state index contributed by atoms with van der Waals surface area (Å²) < 4.78 is 7.05. The first-order valence-corrected chi connectivity index (χ1v) is 2.39. The van der Waals surface area contributed by atoms with Crippen LogP contribution in [-0.4, -0.2) is 0 Å². The molecule has 0 amide bonds. The Morgan fingerprint density at radius 1 is 1.43 bits per heavy atom. The molecule has 0 N–H and O–H groups in total. The van der Waals surface area contributed by atoms with Crippen molar-refractivity contribution in [2.75, 3.05) is 0 Å². The number of hydrogen-bond acceptors (Lipinski definition) is 0. The summed E-state index contributed by atoms with van der Waals surface area (Å²) in [4.78, 5) is 0. The normalized spacial score (nSPS) is 10.7. The van der Waals surface area contributed by atoms with Crippen molar-refractivity contribution >= 4 is 11.6 Å². The predicted octanol–water partition coefficient (Wildman–Crippen LogP) is 2.34. The Kier molecular flexibility index (Phi) is 0.995. The molecule has 0 atom stereocenters. The molecule has 1 rings (SSSR count). The maximum atomic E-state index is 7.05. The maximum absolute atomic E-state index is 7.05. The fraction of sp³-hybridized carbons (Fsp3) is 0. The lowest BCUT2D eigenvalue weighted by atomic mass is 10.4. The Bertz CT molecular complexity index is 168. The lowest BCUT2D eigenvalue weighted by Gasteiger charge is -1.80. The molecule has 1 aromatic rings. The summed E-state index contributed by atoms with van der Waals surface area (Å²) in [5.74, 6) is 0. The molecule has 0 heterocycles. The first-order chi connectivity index (χ1) is 3.79. The Morgan fingerprint density at radius 3 is 2.71 bits per heavy atom. The lowest BCUT2D eigenvalue weighted by Crippen LogP contribution is -1.55. The first-order valence-electron chi connectivity index (χ1n) is 2.51. The molecule has 0 aliphatic carbocycles. The van der Waals surface area contributed by atoms with E-state index in [-0.39, 0.29) is 0 Å². The van der Waals surface area contributed by atoms with Crippen molar-refractivity contribution in [3.63, 3.8) is 0 Å². The first kappa shape index (κ1) is 3.50. The van der Waals surface area contributed by atoms with E-state index >= 15 is 0 Å². The highest BCUT2D eigenvalue weighted by molar-refractivity contribution is 6.30. The van der Waals surface area contributed by atoms with Crippen LogP contribution in [0.25, 0.3) is 0 Å². The van der Waals surface area contributed by atoms with Gasteiger partial charge in [0.25, 0.3) is 0 Å². The Morgan fingerprint density at radius 2 is 2.29 bits per heavy atom. The fourth-order valence-electron chi connectivity index (χ4n) is 0.371. The zero-order valence-electron chi connectivity index (χ0n) is 4.69. The minimum atomic E-state index is 0.456. The topological polar surface area (TPSA) is 0 Å². The Labute approximate surface area is 49.1 Å². The van der Waals surface area contributed by atoms with Crippen molar-refractivity contribution in [1.82, 2.24) is 0 Å². The number of rotatable bonds is 0. The molecule has 0 saturated carbocycles. The van der Waals surface area contributed by atoms with Gasteiger partial charge in [0, 0.05) is 5.02 Å². The van der Waals surface area contributed by atoms with E-state index in [1.165, 1.54) is 0 Å². The summed E-state index contributed by atoms with van der Waals surface area (Å²) in [6.07, 6.45) is 0. The third-order valence-corrected chi connectivity index (χ3v) is 0.904. The molecule has 7 heavy (non-hydrogen) atoms. The fourth-order valence-corrected chi connectivity index (χ4v) is 0.507. The zero-order chi connectivity index (χ0) is 5.98. The van der Waals surface area contributed by atoms with Crippen LogP contribution in [0.2, 0.25) is 5.02 Å². The summed E-state index contributed by atoms with van der Waals surface area (Å²) in [6, 6.07) is 7.25. The molecule has 0 aromatic heterocycles. The molecular formula is C6H5Cl. The largest absolute Gasteiger partial charge is 0.0843 e. The monoisotopic (exact) mass is 113 g/mol.